The molecule has 0 aromatic heterocycles. The number of ether oxygens (including phenoxy) is 2. The van der Waals surface area contributed by atoms with Gasteiger partial charge in [0, 0.05) is 12.6 Å². The molecule has 1 aliphatic rings. The van der Waals surface area contributed by atoms with Crippen LogP contribution < -0.4 is 5.32 Å². The molecular formula is C11H23NO2. The van der Waals surface area contributed by atoms with E-state index in [-0.39, 0.29) is 0 Å². The summed E-state index contributed by atoms with van der Waals surface area (Å²) in [4.78, 5) is 0. The maximum Gasteiger partial charge on any atom is 0.105 e. The molecular weight excluding hydrogens is 178 g/mol. The summed E-state index contributed by atoms with van der Waals surface area (Å²) in [6, 6.07) is 0.538. The van der Waals surface area contributed by atoms with Crippen molar-refractivity contribution >= 4 is 0 Å². The van der Waals surface area contributed by atoms with Gasteiger partial charge >= 0.3 is 0 Å². The summed E-state index contributed by atoms with van der Waals surface area (Å²) >= 11 is 0. The summed E-state index contributed by atoms with van der Waals surface area (Å²) in [6.07, 6.45) is 3.02. The van der Waals surface area contributed by atoms with Crippen molar-refractivity contribution in [3.8, 4) is 0 Å². The second kappa shape index (κ2) is 6.38. The molecule has 1 N–H and O–H groups in total. The molecule has 0 aromatic rings. The van der Waals surface area contributed by atoms with Crippen LogP contribution in [-0.2, 0) is 9.47 Å². The van der Waals surface area contributed by atoms with Gasteiger partial charge in [-0.05, 0) is 6.42 Å². The smallest absolute Gasteiger partial charge is 0.105 e. The quantitative estimate of drug-likeness (QED) is 0.678. The summed E-state index contributed by atoms with van der Waals surface area (Å²) in [5.41, 5.74) is 0. The Labute approximate surface area is 87.2 Å². The molecule has 1 atom stereocenters. The van der Waals surface area contributed by atoms with E-state index in [4.69, 9.17) is 9.47 Å². The van der Waals surface area contributed by atoms with E-state index < -0.39 is 0 Å². The van der Waals surface area contributed by atoms with Gasteiger partial charge in [0.15, 0.2) is 0 Å². The molecule has 84 valence electrons. The summed E-state index contributed by atoms with van der Waals surface area (Å²) in [7, 11) is 0. The molecule has 0 aromatic carbocycles. The zero-order chi connectivity index (χ0) is 10.4. The third kappa shape index (κ3) is 4.40. The minimum atomic E-state index is 0.348. The summed E-state index contributed by atoms with van der Waals surface area (Å²) < 4.78 is 11.0. The van der Waals surface area contributed by atoms with Crippen LogP contribution in [0.15, 0.2) is 0 Å². The van der Waals surface area contributed by atoms with Crippen molar-refractivity contribution in [1.82, 2.24) is 5.32 Å². The molecule has 14 heavy (non-hydrogen) atoms. The zero-order valence-corrected chi connectivity index (χ0v) is 9.58. The molecule has 3 nitrogen and oxygen atoms in total. The highest BCUT2D eigenvalue weighted by Gasteiger charge is 2.22. The van der Waals surface area contributed by atoms with E-state index in [2.05, 4.69) is 26.1 Å². The lowest BCUT2D eigenvalue weighted by molar-refractivity contribution is -0.155. The van der Waals surface area contributed by atoms with Gasteiger partial charge in [-0.25, -0.2) is 0 Å². The van der Waals surface area contributed by atoms with Crippen LogP contribution >= 0.6 is 0 Å². The molecule has 1 aliphatic heterocycles. The summed E-state index contributed by atoms with van der Waals surface area (Å²) in [6.45, 7) is 9.04. The van der Waals surface area contributed by atoms with Gasteiger partial charge in [-0.2, -0.15) is 0 Å². The Balaban J connectivity index is 2.15. The Bertz CT molecular complexity index is 146. The fraction of sp³-hybridized carbons (Fsp3) is 1.00. The van der Waals surface area contributed by atoms with Crippen LogP contribution in [0.2, 0.25) is 0 Å². The molecule has 0 radical (unpaired) electrons. The molecule has 0 spiro atoms. The predicted octanol–water partition coefficient (Wildman–Crippen LogP) is 1.57. The maximum atomic E-state index is 5.89. The molecule has 1 saturated heterocycles. The maximum absolute atomic E-state index is 5.89. The first-order valence-corrected chi connectivity index (χ1v) is 5.69. The van der Waals surface area contributed by atoms with E-state index in [0.717, 1.165) is 26.2 Å². The Morgan fingerprint density at radius 3 is 2.57 bits per heavy atom. The average Bonchev–Trinajstić information content (AvgIpc) is 2.06. The highest BCUT2D eigenvalue weighted by atomic mass is 16.6. The number of nitrogens with one attached hydrogen (secondary N) is 1. The second-order valence-electron chi connectivity index (χ2n) is 4.27. The van der Waals surface area contributed by atoms with Crippen LogP contribution in [0.4, 0.5) is 0 Å². The van der Waals surface area contributed by atoms with Crippen molar-refractivity contribution in [1.29, 1.82) is 0 Å². The van der Waals surface area contributed by atoms with Crippen LogP contribution in [0.25, 0.3) is 0 Å². The summed E-state index contributed by atoms with van der Waals surface area (Å²) in [5.74, 6) is 0. The fourth-order valence-electron chi connectivity index (χ4n) is 1.47. The predicted molar refractivity (Wildman–Crippen MR) is 57.5 cm³/mol. The molecule has 1 unspecified atom stereocenters. The lowest BCUT2D eigenvalue weighted by Gasteiger charge is -2.31. The van der Waals surface area contributed by atoms with Gasteiger partial charge < -0.3 is 14.8 Å². The Morgan fingerprint density at radius 1 is 1.43 bits per heavy atom. The molecule has 1 heterocycles. The van der Waals surface area contributed by atoms with E-state index in [0.29, 0.717) is 18.2 Å². The van der Waals surface area contributed by atoms with Crippen LogP contribution in [0.1, 0.15) is 33.6 Å². The van der Waals surface area contributed by atoms with Gasteiger partial charge in [-0.15, -0.1) is 0 Å². The molecule has 0 saturated carbocycles. The number of hydrogen-bond donors (Lipinski definition) is 1. The van der Waals surface area contributed by atoms with Crippen LogP contribution in [0, 0.1) is 0 Å². The zero-order valence-electron chi connectivity index (χ0n) is 9.58. The first kappa shape index (κ1) is 12.0. The largest absolute Gasteiger partial charge is 0.376 e. The SMILES string of the molecule is CCCC(CNC(C)C)OC1COC1. The van der Waals surface area contributed by atoms with E-state index in [9.17, 15) is 0 Å². The monoisotopic (exact) mass is 201 g/mol. The average molecular weight is 201 g/mol. The molecule has 1 fully saturated rings. The Kier molecular flexibility index (Phi) is 5.45. The molecule has 3 heteroatoms. The normalized spacial score (nSPS) is 19.7. The van der Waals surface area contributed by atoms with Gasteiger partial charge in [0.05, 0.1) is 19.3 Å². The van der Waals surface area contributed by atoms with Crippen molar-refractivity contribution in [3.63, 3.8) is 0 Å². The van der Waals surface area contributed by atoms with Gasteiger partial charge in [0.25, 0.3) is 0 Å². The van der Waals surface area contributed by atoms with E-state index in [1.165, 1.54) is 6.42 Å². The minimum absolute atomic E-state index is 0.348. The van der Waals surface area contributed by atoms with Gasteiger partial charge in [0.1, 0.15) is 6.10 Å². The third-order valence-electron chi connectivity index (χ3n) is 2.36. The van der Waals surface area contributed by atoms with Gasteiger partial charge in [0.2, 0.25) is 0 Å². The molecule has 1 rings (SSSR count). The summed E-state index contributed by atoms with van der Waals surface area (Å²) in [5, 5.41) is 3.42. The van der Waals surface area contributed by atoms with Crippen LogP contribution in [0.3, 0.4) is 0 Å². The van der Waals surface area contributed by atoms with Gasteiger partial charge in [-0.3, -0.25) is 0 Å². The second-order valence-corrected chi connectivity index (χ2v) is 4.27. The highest BCUT2D eigenvalue weighted by molar-refractivity contribution is 4.70. The Hall–Kier alpha value is -0.120. The topological polar surface area (TPSA) is 30.5 Å². The first-order chi connectivity index (χ1) is 6.72. The third-order valence-corrected chi connectivity index (χ3v) is 2.36. The van der Waals surface area contributed by atoms with E-state index >= 15 is 0 Å². The van der Waals surface area contributed by atoms with Crippen molar-refractivity contribution in [3.05, 3.63) is 0 Å². The van der Waals surface area contributed by atoms with E-state index in [1.54, 1.807) is 0 Å². The minimum Gasteiger partial charge on any atom is -0.376 e. The number of rotatable bonds is 7. The first-order valence-electron chi connectivity index (χ1n) is 5.69. The van der Waals surface area contributed by atoms with E-state index in [1.807, 2.05) is 0 Å². The van der Waals surface area contributed by atoms with Crippen LogP contribution in [-0.4, -0.2) is 38.0 Å². The lowest BCUT2D eigenvalue weighted by atomic mass is 10.2. The lowest BCUT2D eigenvalue weighted by Crippen LogP contribution is -2.43. The van der Waals surface area contributed by atoms with Crippen molar-refractivity contribution in [2.75, 3.05) is 19.8 Å². The Morgan fingerprint density at radius 2 is 2.14 bits per heavy atom. The van der Waals surface area contributed by atoms with Gasteiger partial charge in [-0.1, -0.05) is 27.2 Å². The van der Waals surface area contributed by atoms with Crippen molar-refractivity contribution in [2.24, 2.45) is 0 Å². The highest BCUT2D eigenvalue weighted by Crippen LogP contribution is 2.11. The molecule has 0 aliphatic carbocycles. The van der Waals surface area contributed by atoms with Crippen LogP contribution in [0.5, 0.6) is 0 Å². The molecule has 0 bridgehead atoms. The molecule has 0 amide bonds. The van der Waals surface area contributed by atoms with Crippen molar-refractivity contribution < 1.29 is 9.47 Å². The number of hydrogen-bond acceptors (Lipinski definition) is 3. The standard InChI is InChI=1S/C11H23NO2/c1-4-5-10(6-12-9(2)3)14-11-7-13-8-11/h9-12H,4-8H2,1-3H3. The fourth-order valence-corrected chi connectivity index (χ4v) is 1.47. The van der Waals surface area contributed by atoms with Crippen molar-refractivity contribution in [2.45, 2.75) is 51.9 Å².